The van der Waals surface area contributed by atoms with Gasteiger partial charge in [0.05, 0.1) is 0 Å². The molecular weight excluding hydrogens is 406 g/mol. The van der Waals surface area contributed by atoms with Crippen LogP contribution in [0.5, 0.6) is 0 Å². The van der Waals surface area contributed by atoms with Crippen molar-refractivity contribution in [3.8, 4) is 0 Å². The van der Waals surface area contributed by atoms with Crippen molar-refractivity contribution in [1.29, 1.82) is 0 Å². The van der Waals surface area contributed by atoms with E-state index in [0.717, 1.165) is 49.0 Å². The van der Waals surface area contributed by atoms with Crippen molar-refractivity contribution in [2.24, 2.45) is 0 Å². The maximum absolute atomic E-state index is 13.1. The van der Waals surface area contributed by atoms with Gasteiger partial charge in [0, 0.05) is 36.4 Å². The summed E-state index contributed by atoms with van der Waals surface area (Å²) in [5.41, 5.74) is 0. The Morgan fingerprint density at radius 3 is 2.52 bits per heavy atom. The molecule has 0 bridgehead atoms. The number of thiophene rings is 1. The maximum Gasteiger partial charge on any atom is 0.250 e. The van der Waals surface area contributed by atoms with Crippen LogP contribution in [-0.4, -0.2) is 61.9 Å². The molecule has 2 aromatic rings. The number of sulfonamides is 1. The number of nitrogens with one attached hydrogen (secondary N) is 1. The van der Waals surface area contributed by atoms with Crippen LogP contribution in [0.1, 0.15) is 39.5 Å². The van der Waals surface area contributed by atoms with E-state index in [1.807, 2.05) is 29.2 Å². The molecule has 2 aliphatic rings. The second-order valence-corrected chi connectivity index (χ2v) is 11.3. The lowest BCUT2D eigenvalue weighted by Crippen LogP contribution is -2.57. The molecule has 1 amide bonds. The number of nitrogens with zero attached hydrogens (tertiary/aromatic N) is 2. The zero-order chi connectivity index (χ0) is 20.6. The van der Waals surface area contributed by atoms with Crippen LogP contribution in [0, 0.1) is 0 Å². The Morgan fingerprint density at radius 1 is 1.10 bits per heavy atom. The summed E-state index contributed by atoms with van der Waals surface area (Å²) in [5, 5.41) is 0.909. The fraction of sp³-hybridized carbons (Fsp3) is 0.571. The maximum atomic E-state index is 13.1. The molecule has 1 unspecified atom stereocenters. The van der Waals surface area contributed by atoms with E-state index in [-0.39, 0.29) is 16.2 Å². The van der Waals surface area contributed by atoms with Gasteiger partial charge in [-0.25, -0.2) is 8.42 Å². The summed E-state index contributed by atoms with van der Waals surface area (Å²) in [6.07, 6.45) is 3.31. The predicted octanol–water partition coefficient (Wildman–Crippen LogP) is 3.04. The van der Waals surface area contributed by atoms with Gasteiger partial charge in [0.1, 0.15) is 10.3 Å². The number of piperidine rings is 2. The molecule has 1 aromatic heterocycles. The van der Waals surface area contributed by atoms with Crippen LogP contribution in [0.3, 0.4) is 0 Å². The van der Waals surface area contributed by atoms with Gasteiger partial charge in [-0.1, -0.05) is 18.2 Å². The molecule has 1 aromatic carbocycles. The van der Waals surface area contributed by atoms with Gasteiger partial charge < -0.3 is 9.80 Å². The molecule has 0 radical (unpaired) electrons. The Hall–Kier alpha value is -1.48. The Balaban J connectivity index is 1.45. The largest absolute Gasteiger partial charge is 0.338 e. The lowest BCUT2D eigenvalue weighted by molar-refractivity contribution is -0.139. The standard InChI is InChI=1S/C21H29N3O3S2/c1-15(2)23-12-9-17(10-13-23)24-11-5-7-18(21(24)25)22-29(26,27)20-14-16-6-3-4-8-19(16)28-20/h3-4,6,8,14-15,17-18,22H,5,7,9-13H2,1-2H3. The normalized spacial score (nSPS) is 22.7. The highest BCUT2D eigenvalue weighted by atomic mass is 32.2. The number of fused-ring (bicyclic) bond motifs is 1. The van der Waals surface area contributed by atoms with Crippen LogP contribution in [0.4, 0.5) is 0 Å². The van der Waals surface area contributed by atoms with Crippen molar-refractivity contribution in [3.05, 3.63) is 30.3 Å². The smallest absolute Gasteiger partial charge is 0.250 e. The number of hydrogen-bond acceptors (Lipinski definition) is 5. The van der Waals surface area contributed by atoms with E-state index in [9.17, 15) is 13.2 Å². The van der Waals surface area contributed by atoms with E-state index in [2.05, 4.69) is 23.5 Å². The summed E-state index contributed by atoms with van der Waals surface area (Å²) in [6.45, 7) is 7.11. The Labute approximate surface area is 176 Å². The molecule has 0 spiro atoms. The Morgan fingerprint density at radius 2 is 1.83 bits per heavy atom. The lowest BCUT2D eigenvalue weighted by atomic mass is 9.97. The third-order valence-electron chi connectivity index (χ3n) is 6.11. The molecular formula is C21H29N3O3S2. The predicted molar refractivity (Wildman–Crippen MR) is 117 cm³/mol. The Bertz CT molecular complexity index is 945. The van der Waals surface area contributed by atoms with Crippen molar-refractivity contribution in [3.63, 3.8) is 0 Å². The van der Waals surface area contributed by atoms with Gasteiger partial charge in [0.2, 0.25) is 5.91 Å². The summed E-state index contributed by atoms with van der Waals surface area (Å²) >= 11 is 1.24. The summed E-state index contributed by atoms with van der Waals surface area (Å²) < 4.78 is 29.8. The average molecular weight is 436 g/mol. The molecule has 6 nitrogen and oxygen atoms in total. The first-order valence-corrected chi connectivity index (χ1v) is 12.7. The number of rotatable bonds is 5. The van der Waals surface area contributed by atoms with Crippen molar-refractivity contribution in [1.82, 2.24) is 14.5 Å². The second kappa shape index (κ2) is 8.34. The van der Waals surface area contributed by atoms with Gasteiger partial charge >= 0.3 is 0 Å². The van der Waals surface area contributed by atoms with Gasteiger partial charge in [-0.3, -0.25) is 4.79 Å². The third-order valence-corrected chi connectivity index (χ3v) is 9.17. The number of carbonyl (C=O) groups excluding carboxylic acids is 1. The lowest BCUT2D eigenvalue weighted by Gasteiger charge is -2.43. The molecule has 29 heavy (non-hydrogen) atoms. The van der Waals surface area contributed by atoms with Crippen LogP contribution in [0.25, 0.3) is 10.1 Å². The molecule has 4 rings (SSSR count). The highest BCUT2D eigenvalue weighted by molar-refractivity contribution is 7.91. The van der Waals surface area contributed by atoms with Crippen molar-refractivity contribution in [2.75, 3.05) is 19.6 Å². The minimum Gasteiger partial charge on any atom is -0.338 e. The summed E-state index contributed by atoms with van der Waals surface area (Å²) in [5.74, 6) is -0.0658. The number of likely N-dealkylation sites (tertiary alicyclic amines) is 2. The summed E-state index contributed by atoms with van der Waals surface area (Å²) in [4.78, 5) is 17.5. The number of amides is 1. The molecule has 8 heteroatoms. The molecule has 0 saturated carbocycles. The highest BCUT2D eigenvalue weighted by Crippen LogP contribution is 2.30. The van der Waals surface area contributed by atoms with Crippen LogP contribution in [0.15, 0.2) is 34.5 Å². The number of benzene rings is 1. The first-order chi connectivity index (χ1) is 13.8. The van der Waals surface area contributed by atoms with Crippen LogP contribution >= 0.6 is 11.3 Å². The zero-order valence-electron chi connectivity index (χ0n) is 17.0. The van der Waals surface area contributed by atoms with Gasteiger partial charge in [0.25, 0.3) is 10.0 Å². The van der Waals surface area contributed by atoms with Crippen LogP contribution in [-0.2, 0) is 14.8 Å². The Kier molecular flexibility index (Phi) is 5.97. The zero-order valence-corrected chi connectivity index (χ0v) is 18.6. The van der Waals surface area contributed by atoms with E-state index in [1.165, 1.54) is 11.3 Å². The first-order valence-electron chi connectivity index (χ1n) is 10.4. The van der Waals surface area contributed by atoms with Crippen molar-refractivity contribution < 1.29 is 13.2 Å². The fourth-order valence-electron chi connectivity index (χ4n) is 4.42. The van der Waals surface area contributed by atoms with E-state index < -0.39 is 16.1 Å². The summed E-state index contributed by atoms with van der Waals surface area (Å²) in [6, 6.07) is 9.37. The summed E-state index contributed by atoms with van der Waals surface area (Å²) in [7, 11) is -3.72. The first kappa shape index (κ1) is 20.8. The van der Waals surface area contributed by atoms with Gasteiger partial charge in [0.15, 0.2) is 0 Å². The molecule has 158 valence electrons. The van der Waals surface area contributed by atoms with E-state index in [0.29, 0.717) is 12.5 Å². The minimum atomic E-state index is -3.72. The molecule has 0 aliphatic carbocycles. The van der Waals surface area contributed by atoms with Gasteiger partial charge in [-0.15, -0.1) is 11.3 Å². The quantitative estimate of drug-likeness (QED) is 0.784. The van der Waals surface area contributed by atoms with Gasteiger partial charge in [-0.2, -0.15) is 4.72 Å². The van der Waals surface area contributed by atoms with Crippen molar-refractivity contribution >= 4 is 37.4 Å². The van der Waals surface area contributed by atoms with Gasteiger partial charge in [-0.05, 0) is 57.0 Å². The molecule has 2 aliphatic heterocycles. The molecule has 2 saturated heterocycles. The van der Waals surface area contributed by atoms with E-state index >= 15 is 0 Å². The molecule has 3 heterocycles. The number of hydrogen-bond donors (Lipinski definition) is 1. The van der Waals surface area contributed by atoms with Crippen LogP contribution in [0.2, 0.25) is 0 Å². The van der Waals surface area contributed by atoms with Crippen LogP contribution < -0.4 is 4.72 Å². The van der Waals surface area contributed by atoms with E-state index in [4.69, 9.17) is 0 Å². The second-order valence-electron chi connectivity index (χ2n) is 8.31. The van der Waals surface area contributed by atoms with E-state index in [1.54, 1.807) is 6.07 Å². The third kappa shape index (κ3) is 4.35. The molecule has 1 N–H and O–H groups in total. The minimum absolute atomic E-state index is 0.0658. The number of carbonyl (C=O) groups is 1. The molecule has 1 atom stereocenters. The monoisotopic (exact) mass is 435 g/mol. The average Bonchev–Trinajstić information content (AvgIpc) is 3.15. The SMILES string of the molecule is CC(C)N1CCC(N2CCCC(NS(=O)(=O)c3cc4ccccc4s3)C2=O)CC1. The molecule has 2 fully saturated rings. The fourth-order valence-corrected chi connectivity index (χ4v) is 7.06. The highest BCUT2D eigenvalue weighted by Gasteiger charge is 2.37. The topological polar surface area (TPSA) is 69.7 Å². The van der Waals surface area contributed by atoms with Crippen molar-refractivity contribution in [2.45, 2.75) is 61.9 Å².